The summed E-state index contributed by atoms with van der Waals surface area (Å²) in [5.41, 5.74) is 22.8. The molecule has 4 heteroatoms. The minimum atomic E-state index is -0.102. The SMILES string of the molecule is CC(C)(C)c1ccc(N2c3ccc(C(C)(C)C)cc3B3c4ccc(-c5ccccc5)cc4N(c4cccc(-c5ccccc5)c4)c4cc(N5c6ccccc6C6(C)CCCC56C)cc2c43)cc1. The van der Waals surface area contributed by atoms with Crippen molar-refractivity contribution in [3.05, 3.63) is 199 Å². The first kappa shape index (κ1) is 41.6. The Kier molecular flexibility index (Phi) is 9.24. The molecule has 0 N–H and O–H groups in total. The lowest BCUT2D eigenvalue weighted by atomic mass is 9.33. The summed E-state index contributed by atoms with van der Waals surface area (Å²) in [4.78, 5) is 7.98. The largest absolute Gasteiger partial charge is 0.334 e. The van der Waals surface area contributed by atoms with E-state index in [1.807, 2.05) is 0 Å². The Morgan fingerprint density at radius 3 is 1.69 bits per heavy atom. The maximum absolute atomic E-state index is 2.76. The van der Waals surface area contributed by atoms with Gasteiger partial charge in [0, 0.05) is 50.9 Å². The molecule has 3 aliphatic heterocycles. The van der Waals surface area contributed by atoms with Crippen molar-refractivity contribution in [2.45, 2.75) is 96.4 Å². The van der Waals surface area contributed by atoms with Gasteiger partial charge in [-0.05, 0) is 141 Å². The number of para-hydroxylation sites is 1. The molecule has 1 saturated carbocycles. The van der Waals surface area contributed by atoms with Gasteiger partial charge in [-0.2, -0.15) is 0 Å². The van der Waals surface area contributed by atoms with Gasteiger partial charge >= 0.3 is 0 Å². The molecule has 67 heavy (non-hydrogen) atoms. The molecule has 1 aliphatic carbocycles. The zero-order valence-electron chi connectivity index (χ0n) is 40.4. The molecule has 0 spiro atoms. The van der Waals surface area contributed by atoms with E-state index in [1.165, 1.54) is 108 Å². The second kappa shape index (κ2) is 14.9. The van der Waals surface area contributed by atoms with Crippen molar-refractivity contribution in [1.82, 2.24) is 0 Å². The van der Waals surface area contributed by atoms with Crippen molar-refractivity contribution in [2.24, 2.45) is 0 Å². The zero-order valence-corrected chi connectivity index (χ0v) is 40.4. The lowest BCUT2D eigenvalue weighted by molar-refractivity contribution is 0.330. The summed E-state index contributed by atoms with van der Waals surface area (Å²) in [7, 11) is 0. The van der Waals surface area contributed by atoms with Crippen LogP contribution in [0.3, 0.4) is 0 Å². The van der Waals surface area contributed by atoms with Crippen molar-refractivity contribution >= 4 is 68.6 Å². The van der Waals surface area contributed by atoms with E-state index in [0.29, 0.717) is 0 Å². The molecule has 1 fully saturated rings. The fraction of sp³-hybridized carbons (Fsp3) is 0.238. The average Bonchev–Trinajstić information content (AvgIpc) is 3.74. The number of hydrogen-bond donors (Lipinski definition) is 0. The topological polar surface area (TPSA) is 9.72 Å². The highest BCUT2D eigenvalue weighted by atomic mass is 15.3. The van der Waals surface area contributed by atoms with Gasteiger partial charge in [0.05, 0.1) is 5.54 Å². The van der Waals surface area contributed by atoms with E-state index in [0.717, 1.165) is 12.1 Å². The van der Waals surface area contributed by atoms with Gasteiger partial charge in [0.2, 0.25) is 0 Å². The van der Waals surface area contributed by atoms with Crippen LogP contribution in [-0.2, 0) is 16.2 Å². The first-order chi connectivity index (χ1) is 32.2. The van der Waals surface area contributed by atoms with E-state index in [4.69, 9.17) is 0 Å². The molecule has 330 valence electrons. The first-order valence-corrected chi connectivity index (χ1v) is 24.5. The Bertz CT molecular complexity index is 3230. The standard InChI is InChI=1S/C63H60BN3/c1-60(2,3)46-28-31-48(32-29-46)65-55-34-30-47(61(4,5)6)39-53(55)64-52-33-27-45(43-21-13-10-14-22-43)38-56(52)66(49-24-17-23-44(37-49)42-19-11-9-12-20-42)58-41-50(40-57(65)59(58)64)67-54-26-16-15-25-51(54)62(7)35-18-36-63(62,67)8/h9-17,19-34,37-41H,18,35-36H2,1-8H3. The molecule has 8 aromatic rings. The Morgan fingerprint density at radius 2 is 1.01 bits per heavy atom. The highest BCUT2D eigenvalue weighted by Crippen LogP contribution is 2.63. The van der Waals surface area contributed by atoms with Crippen LogP contribution in [0, 0.1) is 0 Å². The minimum Gasteiger partial charge on any atom is -0.334 e. The molecule has 4 aliphatic rings. The minimum absolute atomic E-state index is 0.00646. The predicted molar refractivity (Wildman–Crippen MR) is 287 cm³/mol. The lowest BCUT2D eigenvalue weighted by Crippen LogP contribution is -2.61. The second-order valence-electron chi connectivity index (χ2n) is 22.2. The Morgan fingerprint density at radius 1 is 0.418 bits per heavy atom. The van der Waals surface area contributed by atoms with Gasteiger partial charge in [-0.25, -0.2) is 0 Å². The summed E-state index contributed by atoms with van der Waals surface area (Å²) in [5.74, 6) is 0. The van der Waals surface area contributed by atoms with Gasteiger partial charge in [0.1, 0.15) is 0 Å². The van der Waals surface area contributed by atoms with E-state index in [1.54, 1.807) is 0 Å². The quantitative estimate of drug-likeness (QED) is 0.160. The smallest absolute Gasteiger partial charge is 0.252 e. The molecule has 0 saturated heterocycles. The van der Waals surface area contributed by atoms with Crippen LogP contribution in [0.15, 0.2) is 182 Å². The molecule has 2 atom stereocenters. The average molecular weight is 870 g/mol. The van der Waals surface area contributed by atoms with Gasteiger partial charge in [-0.1, -0.05) is 182 Å². The van der Waals surface area contributed by atoms with E-state index in [-0.39, 0.29) is 28.5 Å². The fourth-order valence-corrected chi connectivity index (χ4v) is 12.5. The van der Waals surface area contributed by atoms with Gasteiger partial charge in [0.25, 0.3) is 6.71 Å². The third-order valence-electron chi connectivity index (χ3n) is 16.2. The number of benzene rings is 8. The highest BCUT2D eigenvalue weighted by Gasteiger charge is 2.59. The molecule has 3 nitrogen and oxygen atoms in total. The van der Waals surface area contributed by atoms with Crippen LogP contribution in [-0.4, -0.2) is 12.3 Å². The molecule has 0 aromatic heterocycles. The number of hydrogen-bond acceptors (Lipinski definition) is 3. The van der Waals surface area contributed by atoms with Crippen LogP contribution >= 0.6 is 0 Å². The van der Waals surface area contributed by atoms with Crippen molar-refractivity contribution < 1.29 is 0 Å². The monoisotopic (exact) mass is 869 g/mol. The summed E-state index contributed by atoms with van der Waals surface area (Å²) in [5, 5.41) is 0. The van der Waals surface area contributed by atoms with E-state index < -0.39 is 0 Å². The summed E-state index contributed by atoms with van der Waals surface area (Å²) in [6, 6.07) is 69.5. The Hall–Kier alpha value is -6.78. The molecule has 2 unspecified atom stereocenters. The van der Waals surface area contributed by atoms with Crippen LogP contribution in [0.5, 0.6) is 0 Å². The Balaban J connectivity index is 1.20. The van der Waals surface area contributed by atoms with Gasteiger partial charge in [0.15, 0.2) is 0 Å². The van der Waals surface area contributed by atoms with Gasteiger partial charge in [-0.15, -0.1) is 0 Å². The summed E-state index contributed by atoms with van der Waals surface area (Å²) in [6.07, 6.45) is 3.53. The third-order valence-corrected chi connectivity index (χ3v) is 16.2. The van der Waals surface area contributed by atoms with Gasteiger partial charge < -0.3 is 14.7 Å². The van der Waals surface area contributed by atoms with Crippen molar-refractivity contribution in [3.63, 3.8) is 0 Å². The molecular weight excluding hydrogens is 810 g/mol. The maximum Gasteiger partial charge on any atom is 0.252 e. The molecule has 8 aromatic carbocycles. The number of fused-ring (bicyclic) bond motifs is 7. The first-order valence-electron chi connectivity index (χ1n) is 24.5. The zero-order chi connectivity index (χ0) is 46.0. The summed E-state index contributed by atoms with van der Waals surface area (Å²) < 4.78 is 0. The fourth-order valence-electron chi connectivity index (χ4n) is 12.5. The number of nitrogens with zero attached hydrogens (tertiary/aromatic N) is 3. The predicted octanol–water partition coefficient (Wildman–Crippen LogP) is 15.1. The molecular formula is C63H60BN3. The van der Waals surface area contributed by atoms with E-state index in [2.05, 4.69) is 252 Å². The van der Waals surface area contributed by atoms with Crippen molar-refractivity contribution in [3.8, 4) is 22.3 Å². The van der Waals surface area contributed by atoms with E-state index in [9.17, 15) is 0 Å². The highest BCUT2D eigenvalue weighted by molar-refractivity contribution is 7.00. The summed E-state index contributed by atoms with van der Waals surface area (Å²) in [6.45, 7) is 19.0. The molecule has 0 amide bonds. The van der Waals surface area contributed by atoms with Crippen LogP contribution in [0.1, 0.15) is 91.3 Å². The van der Waals surface area contributed by atoms with Crippen LogP contribution in [0.4, 0.5) is 45.5 Å². The molecule has 3 heterocycles. The van der Waals surface area contributed by atoms with Crippen molar-refractivity contribution in [2.75, 3.05) is 14.7 Å². The third kappa shape index (κ3) is 6.32. The Labute approximate surface area is 398 Å². The second-order valence-corrected chi connectivity index (χ2v) is 22.2. The maximum atomic E-state index is 2.76. The number of rotatable bonds is 5. The summed E-state index contributed by atoms with van der Waals surface area (Å²) >= 11 is 0. The molecule has 0 radical (unpaired) electrons. The number of anilines is 8. The molecule has 0 bridgehead atoms. The lowest BCUT2D eigenvalue weighted by Gasteiger charge is -2.47. The van der Waals surface area contributed by atoms with E-state index >= 15 is 0 Å². The van der Waals surface area contributed by atoms with Gasteiger partial charge in [-0.3, -0.25) is 0 Å². The molecule has 12 rings (SSSR count). The normalized spacial score (nSPS) is 19.2. The van der Waals surface area contributed by atoms with Crippen LogP contribution in [0.25, 0.3) is 22.3 Å². The van der Waals surface area contributed by atoms with Crippen molar-refractivity contribution in [1.29, 1.82) is 0 Å². The van der Waals surface area contributed by atoms with Crippen LogP contribution < -0.4 is 31.1 Å². The van der Waals surface area contributed by atoms with Crippen LogP contribution in [0.2, 0.25) is 0 Å².